The van der Waals surface area contributed by atoms with Crippen molar-refractivity contribution in [3.8, 4) is 11.5 Å². The van der Waals surface area contributed by atoms with Crippen molar-refractivity contribution in [1.82, 2.24) is 0 Å². The average Bonchev–Trinajstić information content (AvgIpc) is 2.39. The quantitative estimate of drug-likeness (QED) is 0.738. The van der Waals surface area contributed by atoms with Crippen molar-refractivity contribution in [2.24, 2.45) is 0 Å². The van der Waals surface area contributed by atoms with Gasteiger partial charge in [0.1, 0.15) is 5.78 Å². The summed E-state index contributed by atoms with van der Waals surface area (Å²) in [6.07, 6.45) is 1.89. The molecule has 3 heteroatoms. The Hall–Kier alpha value is -1.77. The molecule has 0 spiro atoms. The molecule has 1 aliphatic carbocycles. The number of ether oxygens (including phenoxy) is 2. The van der Waals surface area contributed by atoms with E-state index in [-0.39, 0.29) is 0 Å². The molecule has 2 rings (SSSR count). The summed E-state index contributed by atoms with van der Waals surface area (Å²) >= 11 is 0. The highest BCUT2D eigenvalue weighted by Crippen LogP contribution is 2.36. The van der Waals surface area contributed by atoms with Gasteiger partial charge in [0.15, 0.2) is 11.5 Å². The molecule has 1 aromatic rings. The first-order chi connectivity index (χ1) is 8.26. The maximum atomic E-state index is 11.3. The van der Waals surface area contributed by atoms with Gasteiger partial charge in [0.25, 0.3) is 0 Å². The average molecular weight is 234 g/mol. The third kappa shape index (κ3) is 2.67. The van der Waals surface area contributed by atoms with Crippen LogP contribution in [-0.4, -0.2) is 20.0 Å². The van der Waals surface area contributed by atoms with Gasteiger partial charge < -0.3 is 9.47 Å². The van der Waals surface area contributed by atoms with Gasteiger partial charge in [-0.3, -0.25) is 4.79 Å². The molecule has 0 amide bonds. The lowest BCUT2D eigenvalue weighted by Gasteiger charge is -2.19. The maximum absolute atomic E-state index is 11.3. The first-order valence-corrected chi connectivity index (χ1v) is 5.50. The predicted octanol–water partition coefficient (Wildman–Crippen LogP) is 2.56. The third-order valence-corrected chi connectivity index (χ3v) is 2.79. The Bertz CT molecular complexity index is 410. The van der Waals surface area contributed by atoms with E-state index in [1.54, 1.807) is 14.2 Å². The van der Waals surface area contributed by atoms with Gasteiger partial charge in [-0.1, -0.05) is 6.07 Å². The van der Waals surface area contributed by atoms with E-state index in [9.17, 15) is 4.79 Å². The monoisotopic (exact) mass is 234 g/mol. The van der Waals surface area contributed by atoms with Crippen molar-refractivity contribution < 1.29 is 14.3 Å². The normalized spacial score (nSPS) is 13.2. The Morgan fingerprint density at radius 2 is 1.82 bits per heavy atom. The molecule has 0 saturated carbocycles. The largest absolute Gasteiger partial charge is 0.493 e. The van der Waals surface area contributed by atoms with Gasteiger partial charge in [-0.05, 0) is 18.1 Å². The minimum absolute atomic E-state index is 0.301. The minimum Gasteiger partial charge on any atom is -0.493 e. The molecule has 0 aliphatic heterocycles. The van der Waals surface area contributed by atoms with Crippen LogP contribution >= 0.6 is 0 Å². The third-order valence-electron chi connectivity index (χ3n) is 2.79. The van der Waals surface area contributed by atoms with Crippen LogP contribution < -0.4 is 9.47 Å². The lowest BCUT2D eigenvalue weighted by atomic mass is 9.90. The lowest BCUT2D eigenvalue weighted by Crippen LogP contribution is -2.14. The van der Waals surface area contributed by atoms with Crippen molar-refractivity contribution in [2.75, 3.05) is 14.2 Å². The van der Waals surface area contributed by atoms with Gasteiger partial charge in [0, 0.05) is 18.4 Å². The number of hydrogen-bond acceptors (Lipinski definition) is 3. The van der Waals surface area contributed by atoms with Crippen molar-refractivity contribution in [3.05, 3.63) is 36.4 Å². The fourth-order valence-corrected chi connectivity index (χ4v) is 2.04. The molecule has 0 atom stereocenters. The standard InChI is InChI=1S/C12H14O3.C2H4/c1-14-11-6-3-8-7-9(13)4-5-10(8)12(11)15-2;1-2/h3,6H,4-5,7H2,1-2H3;1-2H2. The summed E-state index contributed by atoms with van der Waals surface area (Å²) in [6, 6.07) is 3.81. The van der Waals surface area contributed by atoms with E-state index in [4.69, 9.17) is 9.47 Å². The molecule has 1 aliphatic rings. The van der Waals surface area contributed by atoms with Gasteiger partial charge in [-0.25, -0.2) is 0 Å². The van der Waals surface area contributed by atoms with E-state index >= 15 is 0 Å². The highest BCUT2D eigenvalue weighted by molar-refractivity contribution is 5.84. The minimum atomic E-state index is 0.301. The summed E-state index contributed by atoms with van der Waals surface area (Å²) in [6.45, 7) is 6.00. The highest BCUT2D eigenvalue weighted by atomic mass is 16.5. The lowest BCUT2D eigenvalue weighted by molar-refractivity contribution is -0.118. The number of carbonyl (C=O) groups is 1. The van der Waals surface area contributed by atoms with Crippen LogP contribution in [0.15, 0.2) is 25.3 Å². The Labute approximate surface area is 102 Å². The van der Waals surface area contributed by atoms with Crippen molar-refractivity contribution in [2.45, 2.75) is 19.3 Å². The first-order valence-electron chi connectivity index (χ1n) is 5.50. The number of methoxy groups -OCH3 is 2. The molecule has 0 heterocycles. The van der Waals surface area contributed by atoms with Crippen LogP contribution in [0.2, 0.25) is 0 Å². The fourth-order valence-electron chi connectivity index (χ4n) is 2.04. The Balaban J connectivity index is 0.000000686. The van der Waals surface area contributed by atoms with Gasteiger partial charge in [0.05, 0.1) is 14.2 Å². The number of benzene rings is 1. The zero-order valence-corrected chi connectivity index (χ0v) is 10.4. The summed E-state index contributed by atoms with van der Waals surface area (Å²) in [5.41, 5.74) is 2.19. The molecule has 0 unspecified atom stereocenters. The van der Waals surface area contributed by atoms with Crippen LogP contribution in [0.25, 0.3) is 0 Å². The molecule has 0 aromatic heterocycles. The summed E-state index contributed by atoms with van der Waals surface area (Å²) in [7, 11) is 3.26. The van der Waals surface area contributed by atoms with E-state index in [0.29, 0.717) is 18.6 Å². The van der Waals surface area contributed by atoms with Crippen LogP contribution in [0.4, 0.5) is 0 Å². The first kappa shape index (κ1) is 13.3. The molecule has 92 valence electrons. The molecule has 0 saturated heterocycles. The predicted molar refractivity (Wildman–Crippen MR) is 67.8 cm³/mol. The molecule has 17 heavy (non-hydrogen) atoms. The second kappa shape index (κ2) is 6.09. The Morgan fingerprint density at radius 3 is 2.41 bits per heavy atom. The molecular weight excluding hydrogens is 216 g/mol. The number of Topliss-reactive ketones (excluding diaryl/α,β-unsaturated/α-hetero) is 1. The molecule has 0 N–H and O–H groups in total. The summed E-state index contributed by atoms with van der Waals surface area (Å²) in [5, 5.41) is 0. The zero-order valence-electron chi connectivity index (χ0n) is 10.4. The molecule has 3 nitrogen and oxygen atoms in total. The van der Waals surface area contributed by atoms with Crippen LogP contribution in [0, 0.1) is 0 Å². The van der Waals surface area contributed by atoms with E-state index < -0.39 is 0 Å². The van der Waals surface area contributed by atoms with Crippen LogP contribution in [0.5, 0.6) is 11.5 Å². The molecule has 1 aromatic carbocycles. The Kier molecular flexibility index (Phi) is 4.76. The Morgan fingerprint density at radius 1 is 1.12 bits per heavy atom. The number of rotatable bonds is 2. The van der Waals surface area contributed by atoms with Crippen molar-refractivity contribution in [1.29, 1.82) is 0 Å². The summed E-state index contributed by atoms with van der Waals surface area (Å²) in [5.74, 6) is 1.82. The second-order valence-electron chi connectivity index (χ2n) is 3.65. The van der Waals surface area contributed by atoms with E-state index in [2.05, 4.69) is 13.2 Å². The molecule has 0 fully saturated rings. The molecule has 0 radical (unpaired) electrons. The fraction of sp³-hybridized carbons (Fsp3) is 0.357. The van der Waals surface area contributed by atoms with Crippen molar-refractivity contribution >= 4 is 5.78 Å². The maximum Gasteiger partial charge on any atom is 0.164 e. The van der Waals surface area contributed by atoms with Crippen LogP contribution in [0.1, 0.15) is 17.5 Å². The molecule has 0 bridgehead atoms. The summed E-state index contributed by atoms with van der Waals surface area (Å²) in [4.78, 5) is 11.3. The van der Waals surface area contributed by atoms with Crippen molar-refractivity contribution in [3.63, 3.8) is 0 Å². The SMILES string of the molecule is C=C.COc1ccc2c(c1OC)CCC(=O)C2. The van der Waals surface area contributed by atoms with Crippen LogP contribution in [0.3, 0.4) is 0 Å². The van der Waals surface area contributed by atoms with Crippen LogP contribution in [-0.2, 0) is 17.6 Å². The zero-order chi connectivity index (χ0) is 12.8. The van der Waals surface area contributed by atoms with E-state index in [0.717, 1.165) is 29.0 Å². The number of fused-ring (bicyclic) bond motifs is 1. The topological polar surface area (TPSA) is 35.5 Å². The van der Waals surface area contributed by atoms with E-state index in [1.807, 2.05) is 12.1 Å². The van der Waals surface area contributed by atoms with Gasteiger partial charge in [-0.2, -0.15) is 0 Å². The van der Waals surface area contributed by atoms with Gasteiger partial charge >= 0.3 is 0 Å². The van der Waals surface area contributed by atoms with Gasteiger partial charge in [0.2, 0.25) is 0 Å². The molecular formula is C14H18O3. The van der Waals surface area contributed by atoms with Gasteiger partial charge in [-0.15, -0.1) is 13.2 Å². The number of carbonyl (C=O) groups excluding carboxylic acids is 1. The highest BCUT2D eigenvalue weighted by Gasteiger charge is 2.21. The summed E-state index contributed by atoms with van der Waals surface area (Å²) < 4.78 is 10.6. The number of hydrogen-bond donors (Lipinski definition) is 0. The smallest absolute Gasteiger partial charge is 0.164 e. The second-order valence-corrected chi connectivity index (χ2v) is 3.65. The van der Waals surface area contributed by atoms with E-state index in [1.165, 1.54) is 0 Å². The number of ketones is 1.